The van der Waals surface area contributed by atoms with Crippen LogP contribution in [0.15, 0.2) is 72.8 Å². The fraction of sp³-hybridized carbons (Fsp3) is 0.355. The molecule has 4 atom stereocenters. The van der Waals surface area contributed by atoms with E-state index in [0.717, 1.165) is 28.5 Å². The number of sulfonamides is 1. The van der Waals surface area contributed by atoms with Crippen molar-refractivity contribution in [3.8, 4) is 0 Å². The van der Waals surface area contributed by atoms with E-state index in [4.69, 9.17) is 4.74 Å². The summed E-state index contributed by atoms with van der Waals surface area (Å²) in [7, 11) is -3.87. The van der Waals surface area contributed by atoms with Gasteiger partial charge in [-0.1, -0.05) is 85.1 Å². The first kappa shape index (κ1) is 29.4. The van der Waals surface area contributed by atoms with Crippen molar-refractivity contribution >= 4 is 21.8 Å². The number of morpholine rings is 1. The average molecular weight is 567 g/mol. The first-order chi connectivity index (χ1) is 19.0. The maximum atomic E-state index is 14.3. The van der Waals surface area contributed by atoms with Crippen molar-refractivity contribution in [2.75, 3.05) is 6.26 Å². The second kappa shape index (κ2) is 12.3. The van der Waals surface area contributed by atoms with E-state index in [1.165, 1.54) is 17.0 Å². The van der Waals surface area contributed by atoms with Gasteiger partial charge in [0, 0.05) is 6.42 Å². The van der Waals surface area contributed by atoms with Crippen LogP contribution in [0.3, 0.4) is 0 Å². The van der Waals surface area contributed by atoms with Gasteiger partial charge >= 0.3 is 0 Å². The Morgan fingerprint density at radius 3 is 2.02 bits per heavy atom. The number of carbonyl (C=O) groups excluding carboxylic acids is 2. The molecule has 9 heteroatoms. The second-order valence-corrected chi connectivity index (χ2v) is 12.2. The smallest absolute Gasteiger partial charge is 0.256 e. The first-order valence-corrected chi connectivity index (χ1v) is 15.2. The molecule has 0 spiro atoms. The highest BCUT2D eigenvalue weighted by molar-refractivity contribution is 7.89. The van der Waals surface area contributed by atoms with Crippen LogP contribution in [0.1, 0.15) is 59.7 Å². The zero-order valence-corrected chi connectivity index (χ0v) is 24.0. The van der Waals surface area contributed by atoms with Crippen molar-refractivity contribution in [1.82, 2.24) is 9.62 Å². The molecule has 212 valence electrons. The number of hydrogen-bond donors (Lipinski definition) is 1. The minimum atomic E-state index is -3.87. The zero-order chi connectivity index (χ0) is 29.0. The summed E-state index contributed by atoms with van der Waals surface area (Å²) < 4.78 is 46.4. The van der Waals surface area contributed by atoms with Gasteiger partial charge in [0.25, 0.3) is 11.8 Å². The van der Waals surface area contributed by atoms with Crippen LogP contribution in [0.2, 0.25) is 0 Å². The van der Waals surface area contributed by atoms with E-state index in [2.05, 4.69) is 4.72 Å². The lowest BCUT2D eigenvalue weighted by atomic mass is 9.88. The van der Waals surface area contributed by atoms with Gasteiger partial charge in [-0.25, -0.2) is 12.8 Å². The molecular weight excluding hydrogens is 531 g/mol. The minimum absolute atomic E-state index is 0.158. The van der Waals surface area contributed by atoms with Crippen molar-refractivity contribution in [2.45, 2.75) is 64.3 Å². The molecular formula is C31H35FN2O5S. The molecule has 1 aliphatic heterocycles. The van der Waals surface area contributed by atoms with Crippen molar-refractivity contribution < 1.29 is 27.1 Å². The number of ether oxygens (including phenoxy) is 1. The Morgan fingerprint density at radius 1 is 0.950 bits per heavy atom. The van der Waals surface area contributed by atoms with Gasteiger partial charge in [0.1, 0.15) is 24.1 Å². The number of nitrogens with one attached hydrogen (secondary N) is 1. The fourth-order valence-electron chi connectivity index (χ4n) is 5.11. The average Bonchev–Trinajstić information content (AvgIpc) is 2.90. The van der Waals surface area contributed by atoms with Crippen LogP contribution < -0.4 is 4.72 Å². The topological polar surface area (TPSA) is 92.8 Å². The second-order valence-electron chi connectivity index (χ2n) is 10.4. The van der Waals surface area contributed by atoms with Gasteiger partial charge in [0.15, 0.2) is 0 Å². The normalized spacial score (nSPS) is 20.3. The van der Waals surface area contributed by atoms with Gasteiger partial charge in [-0.2, -0.15) is 0 Å². The minimum Gasteiger partial charge on any atom is -0.358 e. The number of carbonyl (C=O) groups is 2. The molecule has 3 aromatic rings. The van der Waals surface area contributed by atoms with Crippen LogP contribution in [0.25, 0.3) is 0 Å². The highest BCUT2D eigenvalue weighted by Gasteiger charge is 2.48. The highest BCUT2D eigenvalue weighted by atomic mass is 32.2. The van der Waals surface area contributed by atoms with E-state index in [1.807, 2.05) is 69.3 Å². The van der Waals surface area contributed by atoms with Crippen molar-refractivity contribution in [3.63, 3.8) is 0 Å². The summed E-state index contributed by atoms with van der Waals surface area (Å²) >= 11 is 0. The number of halogens is 1. The van der Waals surface area contributed by atoms with E-state index >= 15 is 0 Å². The highest BCUT2D eigenvalue weighted by Crippen LogP contribution is 2.44. The Labute approximate surface area is 235 Å². The summed E-state index contributed by atoms with van der Waals surface area (Å²) in [5.41, 5.74) is 4.36. The molecule has 1 saturated heterocycles. The maximum absolute atomic E-state index is 14.3. The summed E-state index contributed by atoms with van der Waals surface area (Å²) in [6, 6.07) is 19.6. The third-order valence-electron chi connectivity index (χ3n) is 7.07. The van der Waals surface area contributed by atoms with Gasteiger partial charge in [0.2, 0.25) is 10.0 Å². The zero-order valence-electron chi connectivity index (χ0n) is 23.1. The molecule has 0 aromatic heterocycles. The summed E-state index contributed by atoms with van der Waals surface area (Å²) in [5.74, 6) is -1.58. The van der Waals surface area contributed by atoms with Crippen molar-refractivity contribution in [2.24, 2.45) is 0 Å². The molecule has 4 rings (SSSR count). The van der Waals surface area contributed by atoms with Crippen molar-refractivity contribution in [1.29, 1.82) is 0 Å². The molecule has 0 bridgehead atoms. The molecule has 3 aromatic carbocycles. The van der Waals surface area contributed by atoms with Crippen LogP contribution in [0.5, 0.6) is 0 Å². The first-order valence-electron chi connectivity index (χ1n) is 13.3. The van der Waals surface area contributed by atoms with E-state index in [1.54, 1.807) is 12.1 Å². The van der Waals surface area contributed by atoms with E-state index in [0.29, 0.717) is 12.0 Å². The Hall–Kier alpha value is -3.56. The number of aryl methyl sites for hydroxylation is 2. The van der Waals surface area contributed by atoms with Gasteiger partial charge in [-0.3, -0.25) is 14.3 Å². The van der Waals surface area contributed by atoms with Gasteiger partial charge < -0.3 is 9.64 Å². The molecule has 1 fully saturated rings. The largest absolute Gasteiger partial charge is 0.358 e. The Kier molecular flexibility index (Phi) is 9.05. The lowest BCUT2D eigenvalue weighted by Gasteiger charge is -2.47. The van der Waals surface area contributed by atoms with Crippen LogP contribution >= 0.6 is 0 Å². The van der Waals surface area contributed by atoms with E-state index in [-0.39, 0.29) is 12.8 Å². The third kappa shape index (κ3) is 6.95. The number of hydrogen-bond acceptors (Lipinski definition) is 5. The number of benzene rings is 3. The van der Waals surface area contributed by atoms with Gasteiger partial charge in [0.05, 0.1) is 12.3 Å². The fourth-order valence-corrected chi connectivity index (χ4v) is 5.61. The monoisotopic (exact) mass is 566 g/mol. The standard InChI is InChI=1S/C31H35FN2O5S/c1-5-6-26(30(35)33-40(4,37)38)34-28(23-13-7-20(2)8-14-23)29(24-15-9-21(3)10-16-24)39-27(31(34)36)19-22-11-17-25(32)18-12-22/h7-18,26-29H,5-6,19H2,1-4H3,(H,33,35). The lowest BCUT2D eigenvalue weighted by Crippen LogP contribution is -2.59. The van der Waals surface area contributed by atoms with Crippen LogP contribution in [0, 0.1) is 19.7 Å². The predicted molar refractivity (Wildman–Crippen MR) is 151 cm³/mol. The molecule has 0 aliphatic carbocycles. The molecule has 0 saturated carbocycles. The Bertz CT molecular complexity index is 1440. The van der Waals surface area contributed by atoms with Crippen LogP contribution in [0.4, 0.5) is 4.39 Å². The Balaban J connectivity index is 1.88. The Morgan fingerprint density at radius 2 is 1.50 bits per heavy atom. The molecule has 40 heavy (non-hydrogen) atoms. The molecule has 1 N–H and O–H groups in total. The molecule has 4 unspecified atom stereocenters. The maximum Gasteiger partial charge on any atom is 0.256 e. The van der Waals surface area contributed by atoms with Crippen molar-refractivity contribution in [3.05, 3.63) is 106 Å². The van der Waals surface area contributed by atoms with Crippen LogP contribution in [-0.4, -0.2) is 43.5 Å². The number of amides is 2. The van der Waals surface area contributed by atoms with E-state index in [9.17, 15) is 22.4 Å². The summed E-state index contributed by atoms with van der Waals surface area (Å²) in [6.07, 6.45) is 0.217. The van der Waals surface area contributed by atoms with Gasteiger partial charge in [-0.15, -0.1) is 0 Å². The third-order valence-corrected chi connectivity index (χ3v) is 7.64. The summed E-state index contributed by atoms with van der Waals surface area (Å²) in [4.78, 5) is 29.2. The van der Waals surface area contributed by atoms with Crippen LogP contribution in [-0.2, 0) is 30.8 Å². The molecule has 1 heterocycles. The number of nitrogens with zero attached hydrogens (tertiary/aromatic N) is 1. The molecule has 0 radical (unpaired) electrons. The lowest BCUT2D eigenvalue weighted by molar-refractivity contribution is -0.181. The number of rotatable bonds is 9. The summed E-state index contributed by atoms with van der Waals surface area (Å²) in [5, 5.41) is 0. The molecule has 1 aliphatic rings. The van der Waals surface area contributed by atoms with E-state index < -0.39 is 51.9 Å². The molecule has 7 nitrogen and oxygen atoms in total. The predicted octanol–water partition coefficient (Wildman–Crippen LogP) is 4.94. The van der Waals surface area contributed by atoms with Gasteiger partial charge in [-0.05, 0) is 49.1 Å². The summed E-state index contributed by atoms with van der Waals surface area (Å²) in [6.45, 7) is 5.81. The molecule has 2 amide bonds. The SMILES string of the molecule is CCCC(C(=O)NS(C)(=O)=O)N1C(=O)C(Cc2ccc(F)cc2)OC(c2ccc(C)cc2)C1c1ccc(C)cc1. The quantitative estimate of drug-likeness (QED) is 0.396.